The second-order valence-corrected chi connectivity index (χ2v) is 4.80. The van der Waals surface area contributed by atoms with E-state index in [1.807, 2.05) is 19.9 Å². The van der Waals surface area contributed by atoms with Gasteiger partial charge in [0.2, 0.25) is 0 Å². The topological polar surface area (TPSA) is 50.9 Å². The average Bonchev–Trinajstić information content (AvgIpc) is 2.37. The van der Waals surface area contributed by atoms with Crippen LogP contribution < -0.4 is 11.1 Å². The molecule has 2 rings (SSSR count). The van der Waals surface area contributed by atoms with Gasteiger partial charge in [0.05, 0.1) is 6.04 Å². The number of hydrogen-bond acceptors (Lipinski definition) is 3. The lowest BCUT2D eigenvalue weighted by Gasteiger charge is -2.16. The molecule has 2 aromatic rings. The normalized spacial score (nSPS) is 12.2. The first kappa shape index (κ1) is 13.3. The van der Waals surface area contributed by atoms with E-state index in [-0.39, 0.29) is 11.9 Å². The molecule has 0 saturated heterocycles. The van der Waals surface area contributed by atoms with E-state index in [0.717, 1.165) is 11.1 Å². The highest BCUT2D eigenvalue weighted by Gasteiger charge is 2.09. The van der Waals surface area contributed by atoms with Crippen molar-refractivity contribution in [2.75, 3.05) is 11.1 Å². The average molecular weight is 259 g/mol. The lowest BCUT2D eigenvalue weighted by Crippen LogP contribution is -2.09. The van der Waals surface area contributed by atoms with Gasteiger partial charge in [-0.3, -0.25) is 0 Å². The Labute approximate surface area is 112 Å². The van der Waals surface area contributed by atoms with Crippen molar-refractivity contribution in [2.24, 2.45) is 0 Å². The highest BCUT2D eigenvalue weighted by Crippen LogP contribution is 2.22. The van der Waals surface area contributed by atoms with Crippen molar-refractivity contribution < 1.29 is 4.39 Å². The summed E-state index contributed by atoms with van der Waals surface area (Å²) in [4.78, 5) is 4.26. The van der Waals surface area contributed by atoms with Crippen molar-refractivity contribution in [3.05, 3.63) is 53.0 Å². The third-order valence-electron chi connectivity index (χ3n) is 3.21. The molecule has 1 atom stereocenters. The number of nitrogen functional groups attached to an aromatic ring is 1. The van der Waals surface area contributed by atoms with Crippen LogP contribution in [0.3, 0.4) is 0 Å². The van der Waals surface area contributed by atoms with E-state index in [0.29, 0.717) is 17.1 Å². The summed E-state index contributed by atoms with van der Waals surface area (Å²) in [6, 6.07) is 6.98. The predicted molar refractivity (Wildman–Crippen MR) is 76.6 cm³/mol. The summed E-state index contributed by atoms with van der Waals surface area (Å²) in [5.41, 5.74) is 9.00. The molecule has 100 valence electrons. The summed E-state index contributed by atoms with van der Waals surface area (Å²) in [5.74, 6) is 0.499. The molecule has 19 heavy (non-hydrogen) atoms. The standard InChI is InChI=1S/C15H18FN3/c1-9-4-5-12(6-13(9)16)11(3)19-15-7-14(17)10(2)8-18-15/h4-8,11H,1-3H3,(H3,17,18,19). The number of anilines is 2. The van der Waals surface area contributed by atoms with Crippen molar-refractivity contribution in [1.82, 2.24) is 4.98 Å². The van der Waals surface area contributed by atoms with Crippen molar-refractivity contribution in [1.29, 1.82) is 0 Å². The van der Waals surface area contributed by atoms with Gasteiger partial charge in [-0.25, -0.2) is 9.37 Å². The smallest absolute Gasteiger partial charge is 0.128 e. The number of pyridine rings is 1. The molecule has 3 nitrogen and oxygen atoms in total. The summed E-state index contributed by atoms with van der Waals surface area (Å²) in [6.45, 7) is 5.62. The fourth-order valence-electron chi connectivity index (χ4n) is 1.80. The second kappa shape index (κ2) is 5.26. The van der Waals surface area contributed by atoms with Crippen LogP contribution in [0.1, 0.15) is 29.7 Å². The van der Waals surface area contributed by atoms with Gasteiger partial charge in [0.15, 0.2) is 0 Å². The van der Waals surface area contributed by atoms with Gasteiger partial charge in [-0.15, -0.1) is 0 Å². The van der Waals surface area contributed by atoms with Gasteiger partial charge in [-0.05, 0) is 43.5 Å². The molecule has 0 aliphatic rings. The zero-order valence-corrected chi connectivity index (χ0v) is 11.4. The Hall–Kier alpha value is -2.10. The van der Waals surface area contributed by atoms with Crippen LogP contribution in [-0.4, -0.2) is 4.98 Å². The molecule has 0 aliphatic carbocycles. The number of aryl methyl sites for hydroxylation is 2. The SMILES string of the molecule is Cc1cnc(NC(C)c2ccc(C)c(F)c2)cc1N. The van der Waals surface area contributed by atoms with Crippen LogP contribution in [0.4, 0.5) is 15.9 Å². The van der Waals surface area contributed by atoms with E-state index < -0.39 is 0 Å². The molecule has 0 saturated carbocycles. The van der Waals surface area contributed by atoms with Gasteiger partial charge in [-0.2, -0.15) is 0 Å². The maximum Gasteiger partial charge on any atom is 0.128 e. The van der Waals surface area contributed by atoms with Crippen LogP contribution in [0.2, 0.25) is 0 Å². The van der Waals surface area contributed by atoms with Crippen molar-refractivity contribution >= 4 is 11.5 Å². The molecule has 4 heteroatoms. The molecular weight excluding hydrogens is 241 g/mol. The molecule has 1 aromatic carbocycles. The van der Waals surface area contributed by atoms with Gasteiger partial charge in [-0.1, -0.05) is 12.1 Å². The molecule has 0 fully saturated rings. The largest absolute Gasteiger partial charge is 0.398 e. The summed E-state index contributed by atoms with van der Waals surface area (Å²) in [6.07, 6.45) is 1.72. The van der Waals surface area contributed by atoms with Crippen LogP contribution in [0, 0.1) is 19.7 Å². The van der Waals surface area contributed by atoms with E-state index >= 15 is 0 Å². The van der Waals surface area contributed by atoms with Crippen LogP contribution in [-0.2, 0) is 0 Å². The Morgan fingerprint density at radius 3 is 2.58 bits per heavy atom. The fraction of sp³-hybridized carbons (Fsp3) is 0.267. The number of rotatable bonds is 3. The molecule has 1 heterocycles. The fourth-order valence-corrected chi connectivity index (χ4v) is 1.80. The van der Waals surface area contributed by atoms with Crippen LogP contribution in [0.5, 0.6) is 0 Å². The molecule has 0 spiro atoms. The lowest BCUT2D eigenvalue weighted by molar-refractivity contribution is 0.614. The van der Waals surface area contributed by atoms with Crippen molar-refractivity contribution in [3.63, 3.8) is 0 Å². The Balaban J connectivity index is 2.17. The minimum absolute atomic E-state index is 0.0373. The summed E-state index contributed by atoms with van der Waals surface area (Å²) < 4.78 is 13.5. The van der Waals surface area contributed by atoms with Gasteiger partial charge in [0, 0.05) is 18.0 Å². The molecule has 0 radical (unpaired) electrons. The molecule has 0 bridgehead atoms. The first-order chi connectivity index (χ1) is 8.97. The number of aromatic nitrogens is 1. The van der Waals surface area contributed by atoms with Crippen LogP contribution in [0.15, 0.2) is 30.5 Å². The van der Waals surface area contributed by atoms with Gasteiger partial charge < -0.3 is 11.1 Å². The molecule has 1 unspecified atom stereocenters. The summed E-state index contributed by atoms with van der Waals surface area (Å²) >= 11 is 0. The minimum atomic E-state index is -0.192. The third kappa shape index (κ3) is 3.02. The molecule has 3 N–H and O–H groups in total. The van der Waals surface area contributed by atoms with E-state index in [4.69, 9.17) is 5.73 Å². The van der Waals surface area contributed by atoms with Crippen LogP contribution >= 0.6 is 0 Å². The molecule has 1 aromatic heterocycles. The summed E-state index contributed by atoms with van der Waals surface area (Å²) in [7, 11) is 0. The maximum atomic E-state index is 13.5. The zero-order chi connectivity index (χ0) is 14.0. The predicted octanol–water partition coefficient (Wildman–Crippen LogP) is 3.59. The molecular formula is C15H18FN3. The van der Waals surface area contributed by atoms with E-state index in [2.05, 4.69) is 10.3 Å². The Kier molecular flexibility index (Phi) is 3.69. The third-order valence-corrected chi connectivity index (χ3v) is 3.21. The lowest BCUT2D eigenvalue weighted by atomic mass is 10.1. The van der Waals surface area contributed by atoms with Gasteiger partial charge in [0.1, 0.15) is 11.6 Å². The first-order valence-electron chi connectivity index (χ1n) is 6.22. The van der Waals surface area contributed by atoms with E-state index in [1.165, 1.54) is 0 Å². The monoisotopic (exact) mass is 259 g/mol. The number of benzene rings is 1. The number of nitrogens with zero attached hydrogens (tertiary/aromatic N) is 1. The maximum absolute atomic E-state index is 13.5. The highest BCUT2D eigenvalue weighted by atomic mass is 19.1. The Morgan fingerprint density at radius 1 is 1.21 bits per heavy atom. The minimum Gasteiger partial charge on any atom is -0.398 e. The zero-order valence-electron chi connectivity index (χ0n) is 11.4. The van der Waals surface area contributed by atoms with Crippen molar-refractivity contribution in [2.45, 2.75) is 26.8 Å². The van der Waals surface area contributed by atoms with Gasteiger partial charge in [0.25, 0.3) is 0 Å². The van der Waals surface area contributed by atoms with Crippen LogP contribution in [0.25, 0.3) is 0 Å². The number of nitrogens with one attached hydrogen (secondary N) is 1. The number of nitrogens with two attached hydrogens (primary N) is 1. The quantitative estimate of drug-likeness (QED) is 0.885. The van der Waals surface area contributed by atoms with E-state index in [9.17, 15) is 4.39 Å². The highest BCUT2D eigenvalue weighted by molar-refractivity contribution is 5.54. The summed E-state index contributed by atoms with van der Waals surface area (Å²) in [5, 5.41) is 3.22. The molecule has 0 aliphatic heterocycles. The number of hydrogen-bond donors (Lipinski definition) is 2. The second-order valence-electron chi connectivity index (χ2n) is 4.80. The van der Waals surface area contributed by atoms with Crippen molar-refractivity contribution in [3.8, 4) is 0 Å². The van der Waals surface area contributed by atoms with Gasteiger partial charge >= 0.3 is 0 Å². The Morgan fingerprint density at radius 2 is 1.95 bits per heavy atom. The Bertz CT molecular complexity index is 596. The first-order valence-corrected chi connectivity index (χ1v) is 6.22. The van der Waals surface area contributed by atoms with E-state index in [1.54, 1.807) is 31.3 Å². The molecule has 0 amide bonds. The number of halogens is 1.